The topological polar surface area (TPSA) is 72.9 Å². The first-order chi connectivity index (χ1) is 9.63. The highest BCUT2D eigenvalue weighted by molar-refractivity contribution is 7.12. The smallest absolute Gasteiger partial charge is 0.268 e. The van der Waals surface area contributed by atoms with Crippen LogP contribution in [0.4, 0.5) is 5.82 Å². The summed E-state index contributed by atoms with van der Waals surface area (Å²) in [6.07, 6.45) is 1.67. The fourth-order valence-corrected chi connectivity index (χ4v) is 2.47. The first-order valence-electron chi connectivity index (χ1n) is 6.24. The molecule has 3 N–H and O–H groups in total. The molecule has 0 bridgehead atoms. The standard InChI is InChI=1S/C14H16N4OS/c1-10(2)18-12(5-8-16-18)17-14(19)13-11(4-3-7-15)6-9-20-13/h5-6,8-10H,7,15H2,1-2H3,(H,17,19). The Hall–Kier alpha value is -2.10. The van der Waals surface area contributed by atoms with Crippen molar-refractivity contribution in [3.05, 3.63) is 34.2 Å². The molecule has 0 aliphatic heterocycles. The van der Waals surface area contributed by atoms with Gasteiger partial charge in [0.05, 0.1) is 12.7 Å². The third kappa shape index (κ3) is 3.07. The molecule has 0 saturated carbocycles. The highest BCUT2D eigenvalue weighted by Crippen LogP contribution is 2.19. The fourth-order valence-electron chi connectivity index (χ4n) is 1.73. The number of carbonyl (C=O) groups is 1. The summed E-state index contributed by atoms with van der Waals surface area (Å²) in [5.41, 5.74) is 6.05. The zero-order valence-corrected chi connectivity index (χ0v) is 12.2. The third-order valence-electron chi connectivity index (χ3n) is 2.60. The summed E-state index contributed by atoms with van der Waals surface area (Å²) in [5, 5.41) is 8.89. The molecule has 0 fully saturated rings. The van der Waals surface area contributed by atoms with E-state index >= 15 is 0 Å². The summed E-state index contributed by atoms with van der Waals surface area (Å²) in [7, 11) is 0. The average molecular weight is 288 g/mol. The summed E-state index contributed by atoms with van der Waals surface area (Å²) in [4.78, 5) is 12.9. The van der Waals surface area contributed by atoms with E-state index in [1.54, 1.807) is 16.9 Å². The van der Waals surface area contributed by atoms with Crippen LogP contribution in [0.25, 0.3) is 0 Å². The Bertz CT molecular complexity index is 660. The van der Waals surface area contributed by atoms with Crippen LogP contribution in [-0.2, 0) is 0 Å². The van der Waals surface area contributed by atoms with Crippen LogP contribution >= 0.6 is 11.3 Å². The maximum Gasteiger partial charge on any atom is 0.268 e. The summed E-state index contributed by atoms with van der Waals surface area (Å²) in [6.45, 7) is 4.29. The molecule has 0 spiro atoms. The number of rotatable bonds is 3. The molecule has 0 radical (unpaired) electrons. The normalized spacial score (nSPS) is 10.2. The Balaban J connectivity index is 2.20. The van der Waals surface area contributed by atoms with Gasteiger partial charge >= 0.3 is 0 Å². The van der Waals surface area contributed by atoms with Gasteiger partial charge in [-0.1, -0.05) is 11.8 Å². The number of nitrogens with one attached hydrogen (secondary N) is 1. The van der Waals surface area contributed by atoms with E-state index in [2.05, 4.69) is 22.3 Å². The Labute approximate surface area is 121 Å². The van der Waals surface area contributed by atoms with Gasteiger partial charge in [-0.25, -0.2) is 4.68 Å². The summed E-state index contributed by atoms with van der Waals surface area (Å²) in [6, 6.07) is 3.78. The first kappa shape index (κ1) is 14.3. The predicted octanol–water partition coefficient (Wildman–Crippen LogP) is 2.09. The van der Waals surface area contributed by atoms with Crippen molar-refractivity contribution >= 4 is 23.1 Å². The number of thiophene rings is 1. The minimum Gasteiger partial charge on any atom is -0.320 e. The van der Waals surface area contributed by atoms with Crippen molar-refractivity contribution in [2.24, 2.45) is 5.73 Å². The van der Waals surface area contributed by atoms with Crippen molar-refractivity contribution < 1.29 is 4.79 Å². The van der Waals surface area contributed by atoms with Gasteiger partial charge in [0.25, 0.3) is 5.91 Å². The van der Waals surface area contributed by atoms with Gasteiger partial charge in [0.15, 0.2) is 0 Å². The molecule has 6 heteroatoms. The maximum absolute atomic E-state index is 12.3. The lowest BCUT2D eigenvalue weighted by Gasteiger charge is -2.11. The predicted molar refractivity (Wildman–Crippen MR) is 80.8 cm³/mol. The average Bonchev–Trinajstić information content (AvgIpc) is 3.04. The highest BCUT2D eigenvalue weighted by Gasteiger charge is 2.15. The van der Waals surface area contributed by atoms with Crippen molar-refractivity contribution in [2.45, 2.75) is 19.9 Å². The van der Waals surface area contributed by atoms with Gasteiger partial charge in [-0.15, -0.1) is 11.3 Å². The lowest BCUT2D eigenvalue weighted by molar-refractivity contribution is 0.102. The molecule has 2 aromatic rings. The van der Waals surface area contributed by atoms with Crippen LogP contribution in [-0.4, -0.2) is 22.2 Å². The molecule has 0 aliphatic rings. The van der Waals surface area contributed by atoms with Crippen LogP contribution in [0.3, 0.4) is 0 Å². The van der Waals surface area contributed by atoms with E-state index in [-0.39, 0.29) is 18.5 Å². The van der Waals surface area contributed by atoms with Crippen LogP contribution in [0.5, 0.6) is 0 Å². The van der Waals surface area contributed by atoms with Gasteiger partial charge in [-0.2, -0.15) is 5.10 Å². The van der Waals surface area contributed by atoms with E-state index in [1.807, 2.05) is 25.3 Å². The summed E-state index contributed by atoms with van der Waals surface area (Å²) >= 11 is 1.36. The van der Waals surface area contributed by atoms with E-state index in [9.17, 15) is 4.79 Å². The second-order valence-corrected chi connectivity index (χ2v) is 5.29. The number of hydrogen-bond acceptors (Lipinski definition) is 4. The van der Waals surface area contributed by atoms with Crippen molar-refractivity contribution in [3.63, 3.8) is 0 Å². The molecule has 2 heterocycles. The number of nitrogens with zero attached hydrogens (tertiary/aromatic N) is 2. The monoisotopic (exact) mass is 288 g/mol. The fraction of sp³-hybridized carbons (Fsp3) is 0.286. The van der Waals surface area contributed by atoms with Crippen LogP contribution in [0, 0.1) is 11.8 Å². The summed E-state index contributed by atoms with van der Waals surface area (Å²) < 4.78 is 1.76. The number of anilines is 1. The number of nitrogens with two attached hydrogens (primary N) is 1. The van der Waals surface area contributed by atoms with Crippen LogP contribution in [0.15, 0.2) is 23.7 Å². The van der Waals surface area contributed by atoms with Crippen molar-refractivity contribution in [1.29, 1.82) is 0 Å². The lowest BCUT2D eigenvalue weighted by atomic mass is 10.2. The van der Waals surface area contributed by atoms with E-state index in [0.717, 1.165) is 0 Å². The second kappa shape index (κ2) is 6.37. The number of aromatic nitrogens is 2. The quantitative estimate of drug-likeness (QED) is 0.849. The van der Waals surface area contributed by atoms with E-state index in [4.69, 9.17) is 5.73 Å². The van der Waals surface area contributed by atoms with Crippen molar-refractivity contribution in [1.82, 2.24) is 9.78 Å². The van der Waals surface area contributed by atoms with E-state index < -0.39 is 0 Å². The molecular weight excluding hydrogens is 272 g/mol. The van der Waals surface area contributed by atoms with Crippen LogP contribution < -0.4 is 11.1 Å². The van der Waals surface area contributed by atoms with Crippen molar-refractivity contribution in [2.75, 3.05) is 11.9 Å². The largest absolute Gasteiger partial charge is 0.320 e. The minimum absolute atomic E-state index is 0.177. The van der Waals surface area contributed by atoms with Gasteiger partial charge in [0.2, 0.25) is 0 Å². The van der Waals surface area contributed by atoms with Crippen LogP contribution in [0.1, 0.15) is 35.1 Å². The van der Waals surface area contributed by atoms with Crippen LogP contribution in [0.2, 0.25) is 0 Å². The Morgan fingerprint density at radius 2 is 2.35 bits per heavy atom. The number of carbonyl (C=O) groups excluding carboxylic acids is 1. The second-order valence-electron chi connectivity index (χ2n) is 4.38. The maximum atomic E-state index is 12.3. The molecule has 20 heavy (non-hydrogen) atoms. The first-order valence-corrected chi connectivity index (χ1v) is 7.12. The number of hydrogen-bond donors (Lipinski definition) is 2. The molecule has 2 aromatic heterocycles. The molecule has 0 saturated heterocycles. The third-order valence-corrected chi connectivity index (χ3v) is 3.51. The molecule has 2 rings (SSSR count). The molecule has 1 amide bonds. The molecule has 0 aromatic carbocycles. The van der Waals surface area contributed by atoms with Gasteiger partial charge in [-0.05, 0) is 25.3 Å². The minimum atomic E-state index is -0.177. The molecule has 5 nitrogen and oxygen atoms in total. The molecule has 104 valence electrons. The molecule has 0 atom stereocenters. The SMILES string of the molecule is CC(C)n1nccc1NC(=O)c1sccc1C#CCN. The van der Waals surface area contributed by atoms with E-state index in [1.165, 1.54) is 11.3 Å². The lowest BCUT2D eigenvalue weighted by Crippen LogP contribution is -2.16. The van der Waals surface area contributed by atoms with Crippen molar-refractivity contribution in [3.8, 4) is 11.8 Å². The molecular formula is C14H16N4OS. The van der Waals surface area contributed by atoms with Gasteiger partial charge in [0.1, 0.15) is 10.7 Å². The molecule has 0 aliphatic carbocycles. The highest BCUT2D eigenvalue weighted by atomic mass is 32.1. The van der Waals surface area contributed by atoms with Gasteiger partial charge in [0, 0.05) is 17.7 Å². The zero-order valence-electron chi connectivity index (χ0n) is 11.4. The summed E-state index contributed by atoms with van der Waals surface area (Å²) in [5.74, 6) is 6.16. The number of amides is 1. The van der Waals surface area contributed by atoms with Gasteiger partial charge in [-0.3, -0.25) is 4.79 Å². The molecule has 0 unspecified atom stereocenters. The Morgan fingerprint density at radius 3 is 3.05 bits per heavy atom. The Morgan fingerprint density at radius 1 is 1.55 bits per heavy atom. The zero-order chi connectivity index (χ0) is 14.5. The van der Waals surface area contributed by atoms with Gasteiger partial charge < -0.3 is 11.1 Å². The van der Waals surface area contributed by atoms with E-state index in [0.29, 0.717) is 16.3 Å². The Kier molecular flexibility index (Phi) is 4.56.